The average Bonchev–Trinajstić information content (AvgIpc) is 2.30. The van der Waals surface area contributed by atoms with Crippen LogP contribution in [-0.4, -0.2) is 11.2 Å². The molecule has 0 amide bonds. The molecule has 0 aromatic rings. The van der Waals surface area contributed by atoms with Crippen molar-refractivity contribution in [2.24, 2.45) is 17.8 Å². The van der Waals surface area contributed by atoms with Crippen LogP contribution >= 0.6 is 0 Å². The first-order valence-corrected chi connectivity index (χ1v) is 4.83. The molecule has 0 radical (unpaired) electrons. The van der Waals surface area contributed by atoms with E-state index in [1.54, 1.807) is 0 Å². The van der Waals surface area contributed by atoms with Crippen molar-refractivity contribution in [1.82, 2.24) is 0 Å². The summed E-state index contributed by atoms with van der Waals surface area (Å²) in [6, 6.07) is 0. The zero-order valence-electron chi connectivity index (χ0n) is 7.88. The lowest BCUT2D eigenvalue weighted by Gasteiger charge is -2.17. The van der Waals surface area contributed by atoms with Gasteiger partial charge in [-0.15, -0.1) is 0 Å². The number of hydrogen-bond acceptors (Lipinski definition) is 1. The van der Waals surface area contributed by atoms with Gasteiger partial charge in [-0.25, -0.2) is 0 Å². The van der Waals surface area contributed by atoms with Crippen LogP contribution in [0.4, 0.5) is 0 Å². The Balaban J connectivity index is 2.45. The molecule has 1 nitrogen and oxygen atoms in total. The normalized spacial score (nSPS) is 38.5. The van der Waals surface area contributed by atoms with Crippen LogP contribution in [-0.2, 0) is 0 Å². The van der Waals surface area contributed by atoms with Crippen molar-refractivity contribution >= 4 is 0 Å². The Morgan fingerprint density at radius 3 is 2.27 bits per heavy atom. The highest BCUT2D eigenvalue weighted by atomic mass is 16.3. The molecule has 1 heteroatoms. The molecule has 0 aliphatic heterocycles. The van der Waals surface area contributed by atoms with E-state index in [0.717, 1.165) is 12.3 Å². The molecule has 1 N–H and O–H groups in total. The minimum Gasteiger partial charge on any atom is -0.393 e. The maximum Gasteiger partial charge on any atom is 0.0573 e. The summed E-state index contributed by atoms with van der Waals surface area (Å²) in [5.41, 5.74) is 0. The summed E-state index contributed by atoms with van der Waals surface area (Å²) in [7, 11) is 0. The third kappa shape index (κ3) is 1.96. The quantitative estimate of drug-likeness (QED) is 0.651. The molecule has 0 aromatic carbocycles. The number of aliphatic hydroxyl groups excluding tert-OH is 1. The van der Waals surface area contributed by atoms with Crippen LogP contribution in [0, 0.1) is 17.8 Å². The van der Waals surface area contributed by atoms with E-state index in [9.17, 15) is 5.11 Å². The van der Waals surface area contributed by atoms with Crippen molar-refractivity contribution in [2.75, 3.05) is 0 Å². The van der Waals surface area contributed by atoms with Gasteiger partial charge in [0, 0.05) is 0 Å². The van der Waals surface area contributed by atoms with Crippen LogP contribution in [0.1, 0.15) is 40.0 Å². The molecule has 1 aliphatic carbocycles. The maximum absolute atomic E-state index is 9.66. The Morgan fingerprint density at radius 1 is 1.36 bits per heavy atom. The highest BCUT2D eigenvalue weighted by Gasteiger charge is 2.33. The van der Waals surface area contributed by atoms with Crippen molar-refractivity contribution in [1.29, 1.82) is 0 Å². The van der Waals surface area contributed by atoms with E-state index in [4.69, 9.17) is 0 Å². The Hall–Kier alpha value is -0.0400. The second-order valence-electron chi connectivity index (χ2n) is 4.22. The van der Waals surface area contributed by atoms with Crippen LogP contribution in [0.2, 0.25) is 0 Å². The zero-order valence-corrected chi connectivity index (χ0v) is 7.88. The van der Waals surface area contributed by atoms with Gasteiger partial charge in [-0.05, 0) is 30.6 Å². The van der Waals surface area contributed by atoms with E-state index < -0.39 is 0 Å². The summed E-state index contributed by atoms with van der Waals surface area (Å²) in [4.78, 5) is 0. The third-order valence-corrected chi connectivity index (χ3v) is 3.11. The molecule has 0 heterocycles. The Morgan fingerprint density at radius 2 is 2.00 bits per heavy atom. The minimum atomic E-state index is -0.0139. The fourth-order valence-corrected chi connectivity index (χ4v) is 2.20. The lowest BCUT2D eigenvalue weighted by atomic mass is 9.91. The van der Waals surface area contributed by atoms with Crippen LogP contribution in [0.5, 0.6) is 0 Å². The summed E-state index contributed by atoms with van der Waals surface area (Å²) in [6.45, 7) is 6.65. The van der Waals surface area contributed by atoms with Gasteiger partial charge in [-0.1, -0.05) is 27.2 Å². The SMILES string of the molecule is CC[C@@H]1C[C@@H](O)[C@H](C(C)C)C1. The first-order valence-electron chi connectivity index (χ1n) is 4.83. The number of hydrogen-bond donors (Lipinski definition) is 1. The van der Waals surface area contributed by atoms with Gasteiger partial charge in [-0.3, -0.25) is 0 Å². The van der Waals surface area contributed by atoms with E-state index in [1.807, 2.05) is 0 Å². The van der Waals surface area contributed by atoms with Crippen molar-refractivity contribution in [3.8, 4) is 0 Å². The van der Waals surface area contributed by atoms with Gasteiger partial charge in [0.15, 0.2) is 0 Å². The van der Waals surface area contributed by atoms with Crippen molar-refractivity contribution in [3.63, 3.8) is 0 Å². The molecule has 1 rings (SSSR count). The van der Waals surface area contributed by atoms with Gasteiger partial charge in [0.1, 0.15) is 0 Å². The molecule has 0 bridgehead atoms. The average molecular weight is 156 g/mol. The van der Waals surface area contributed by atoms with Crippen LogP contribution in [0.15, 0.2) is 0 Å². The highest BCUT2D eigenvalue weighted by Crippen LogP contribution is 2.37. The summed E-state index contributed by atoms with van der Waals surface area (Å²) >= 11 is 0. The highest BCUT2D eigenvalue weighted by molar-refractivity contribution is 4.83. The fraction of sp³-hybridized carbons (Fsp3) is 1.00. The van der Waals surface area contributed by atoms with Crippen molar-refractivity contribution in [2.45, 2.75) is 46.1 Å². The lowest BCUT2D eigenvalue weighted by molar-refractivity contribution is 0.107. The molecule has 0 aromatic heterocycles. The van der Waals surface area contributed by atoms with Crippen molar-refractivity contribution in [3.05, 3.63) is 0 Å². The second-order valence-corrected chi connectivity index (χ2v) is 4.22. The largest absolute Gasteiger partial charge is 0.393 e. The molecule has 1 aliphatic rings. The molecule has 1 saturated carbocycles. The van der Waals surface area contributed by atoms with E-state index in [2.05, 4.69) is 20.8 Å². The first-order chi connectivity index (χ1) is 5.15. The molecule has 1 fully saturated rings. The minimum absolute atomic E-state index is 0.0139. The molecule has 0 unspecified atom stereocenters. The van der Waals surface area contributed by atoms with Crippen molar-refractivity contribution < 1.29 is 5.11 Å². The van der Waals surface area contributed by atoms with E-state index in [0.29, 0.717) is 11.8 Å². The summed E-state index contributed by atoms with van der Waals surface area (Å²) in [5.74, 6) is 2.01. The standard InChI is InChI=1S/C10H20O/c1-4-8-5-9(7(2)3)10(11)6-8/h7-11H,4-6H2,1-3H3/t8-,9-,10+/m0/s1. The fourth-order valence-electron chi connectivity index (χ4n) is 2.20. The summed E-state index contributed by atoms with van der Waals surface area (Å²) in [6.07, 6.45) is 3.51. The van der Waals surface area contributed by atoms with Gasteiger partial charge in [0.05, 0.1) is 6.10 Å². The molecular formula is C10H20O. The predicted molar refractivity (Wildman–Crippen MR) is 47.3 cm³/mol. The topological polar surface area (TPSA) is 20.2 Å². The van der Waals surface area contributed by atoms with Crippen LogP contribution in [0.25, 0.3) is 0 Å². The number of rotatable bonds is 2. The van der Waals surface area contributed by atoms with Gasteiger partial charge in [0.25, 0.3) is 0 Å². The smallest absolute Gasteiger partial charge is 0.0573 e. The number of aliphatic hydroxyl groups is 1. The Bertz CT molecular complexity index is 120. The van der Waals surface area contributed by atoms with Crippen LogP contribution < -0.4 is 0 Å². The Kier molecular flexibility index (Phi) is 2.94. The molecule has 66 valence electrons. The zero-order chi connectivity index (χ0) is 8.43. The molecule has 11 heavy (non-hydrogen) atoms. The van der Waals surface area contributed by atoms with E-state index in [1.165, 1.54) is 12.8 Å². The Labute approximate surface area is 69.8 Å². The maximum atomic E-state index is 9.66. The molecule has 3 atom stereocenters. The molecule has 0 saturated heterocycles. The van der Waals surface area contributed by atoms with Gasteiger partial charge in [-0.2, -0.15) is 0 Å². The van der Waals surface area contributed by atoms with Gasteiger partial charge >= 0.3 is 0 Å². The summed E-state index contributed by atoms with van der Waals surface area (Å²) in [5, 5.41) is 9.66. The van der Waals surface area contributed by atoms with Gasteiger partial charge < -0.3 is 5.11 Å². The molecule has 0 spiro atoms. The van der Waals surface area contributed by atoms with Crippen LogP contribution in [0.3, 0.4) is 0 Å². The molecular weight excluding hydrogens is 136 g/mol. The first kappa shape index (κ1) is 9.05. The van der Waals surface area contributed by atoms with Gasteiger partial charge in [0.2, 0.25) is 0 Å². The van der Waals surface area contributed by atoms with E-state index in [-0.39, 0.29) is 6.10 Å². The summed E-state index contributed by atoms with van der Waals surface area (Å²) < 4.78 is 0. The van der Waals surface area contributed by atoms with E-state index >= 15 is 0 Å². The second kappa shape index (κ2) is 3.57. The monoisotopic (exact) mass is 156 g/mol. The lowest BCUT2D eigenvalue weighted by Crippen LogP contribution is -2.18. The predicted octanol–water partition coefficient (Wildman–Crippen LogP) is 2.44. The third-order valence-electron chi connectivity index (χ3n) is 3.11.